The van der Waals surface area contributed by atoms with E-state index in [1.165, 1.54) is 24.1 Å². The number of amides is 1. The molecule has 1 amide bonds. The number of hydrogen-bond acceptors (Lipinski definition) is 4. The van der Waals surface area contributed by atoms with E-state index in [0.717, 1.165) is 26.4 Å². The molecule has 1 heterocycles. The molecule has 2 aromatic carbocycles. The van der Waals surface area contributed by atoms with Crippen LogP contribution in [0.4, 0.5) is 4.39 Å². The van der Waals surface area contributed by atoms with Crippen LogP contribution in [-0.2, 0) is 6.54 Å². The van der Waals surface area contributed by atoms with E-state index in [1.54, 1.807) is 19.9 Å². The summed E-state index contributed by atoms with van der Waals surface area (Å²) in [5.41, 5.74) is 0.307. The maximum atomic E-state index is 14.1. The van der Waals surface area contributed by atoms with Gasteiger partial charge in [-0.2, -0.15) is 9.78 Å². The first-order chi connectivity index (χ1) is 14.2. The Morgan fingerprint density at radius 1 is 1.13 bits per heavy atom. The first-order valence-electron chi connectivity index (χ1n) is 9.54. The molecule has 0 aliphatic heterocycles. The average molecular weight is 410 g/mol. The molecule has 0 unspecified atom stereocenters. The molecule has 30 heavy (non-hydrogen) atoms. The Hall–Kier alpha value is -3.55. The van der Waals surface area contributed by atoms with E-state index in [0.29, 0.717) is 12.1 Å². The topological polar surface area (TPSA) is 77.2 Å². The number of benzene rings is 2. The highest BCUT2D eigenvalue weighted by Gasteiger charge is 2.22. The Balaban J connectivity index is 2.26. The van der Waals surface area contributed by atoms with E-state index >= 15 is 0 Å². The summed E-state index contributed by atoms with van der Waals surface area (Å²) in [5, 5.41) is 4.01. The van der Waals surface area contributed by atoms with Crippen LogP contribution in [0.3, 0.4) is 0 Å². The van der Waals surface area contributed by atoms with Gasteiger partial charge in [0.15, 0.2) is 0 Å². The molecule has 0 radical (unpaired) electrons. The number of carbonyl (C=O) groups excluding carboxylic acids is 1. The zero-order valence-electron chi connectivity index (χ0n) is 17.3. The summed E-state index contributed by atoms with van der Waals surface area (Å²) in [6.45, 7) is 5.58. The van der Waals surface area contributed by atoms with Crippen LogP contribution in [0.25, 0.3) is 5.69 Å². The third kappa shape index (κ3) is 4.07. The molecule has 0 saturated heterocycles. The molecule has 0 atom stereocenters. The van der Waals surface area contributed by atoms with Gasteiger partial charge in [-0.1, -0.05) is 35.9 Å². The van der Waals surface area contributed by atoms with Crippen molar-refractivity contribution < 1.29 is 9.18 Å². The van der Waals surface area contributed by atoms with Gasteiger partial charge in [0.1, 0.15) is 5.82 Å². The number of carbonyl (C=O) groups is 1. The Labute approximate surface area is 173 Å². The van der Waals surface area contributed by atoms with Gasteiger partial charge in [-0.15, -0.1) is 0 Å². The van der Waals surface area contributed by atoms with Crippen molar-refractivity contribution in [3.63, 3.8) is 0 Å². The number of nitrogens with zero attached hydrogens (tertiary/aromatic N) is 4. The van der Waals surface area contributed by atoms with E-state index in [2.05, 4.69) is 5.10 Å². The third-order valence-corrected chi connectivity index (χ3v) is 4.91. The SMILES string of the molecule is CCN(C)C(=O)c1nn(-c2ccc(C)c(F)c2)c(=O)n(Cc2cccc(C)c2)c1=O. The highest BCUT2D eigenvalue weighted by atomic mass is 19.1. The van der Waals surface area contributed by atoms with Crippen molar-refractivity contribution in [2.75, 3.05) is 13.6 Å². The van der Waals surface area contributed by atoms with E-state index in [9.17, 15) is 18.8 Å². The Morgan fingerprint density at radius 2 is 1.87 bits per heavy atom. The molecule has 0 spiro atoms. The summed E-state index contributed by atoms with van der Waals surface area (Å²) in [5.74, 6) is -1.13. The molecule has 7 nitrogen and oxygen atoms in total. The second kappa shape index (κ2) is 8.44. The number of rotatable bonds is 5. The minimum Gasteiger partial charge on any atom is -0.340 e. The smallest absolute Gasteiger partial charge is 0.340 e. The standard InChI is InChI=1S/C22H23FN4O3/c1-5-25(4)20(28)19-21(29)26(13-16-8-6-7-14(2)11-16)22(30)27(24-19)17-10-9-15(3)18(23)12-17/h6-12H,5,13H2,1-4H3. The molecule has 0 bridgehead atoms. The molecule has 1 aromatic heterocycles. The van der Waals surface area contributed by atoms with Crippen molar-refractivity contribution in [1.82, 2.24) is 19.2 Å². The van der Waals surface area contributed by atoms with Crippen molar-refractivity contribution in [3.05, 3.63) is 91.5 Å². The monoisotopic (exact) mass is 410 g/mol. The van der Waals surface area contributed by atoms with Crippen LogP contribution in [-0.4, -0.2) is 38.7 Å². The van der Waals surface area contributed by atoms with Crippen LogP contribution in [0.5, 0.6) is 0 Å². The Kier molecular flexibility index (Phi) is 5.96. The van der Waals surface area contributed by atoms with Crippen LogP contribution < -0.4 is 11.2 Å². The lowest BCUT2D eigenvalue weighted by molar-refractivity contribution is 0.0791. The molecule has 0 saturated carbocycles. The fourth-order valence-corrected chi connectivity index (χ4v) is 2.99. The van der Waals surface area contributed by atoms with Gasteiger partial charge in [-0.3, -0.25) is 14.2 Å². The fraction of sp³-hybridized carbons (Fsp3) is 0.273. The van der Waals surface area contributed by atoms with Gasteiger partial charge in [-0.25, -0.2) is 9.18 Å². The summed E-state index contributed by atoms with van der Waals surface area (Å²) < 4.78 is 16.0. The normalized spacial score (nSPS) is 10.8. The van der Waals surface area contributed by atoms with Gasteiger partial charge in [0, 0.05) is 19.7 Å². The van der Waals surface area contributed by atoms with Crippen molar-refractivity contribution in [3.8, 4) is 5.69 Å². The Bertz CT molecular complexity index is 1230. The second-order valence-corrected chi connectivity index (χ2v) is 7.18. The summed E-state index contributed by atoms with van der Waals surface area (Å²) in [6, 6.07) is 11.5. The zero-order valence-corrected chi connectivity index (χ0v) is 17.3. The Morgan fingerprint density at radius 3 is 2.50 bits per heavy atom. The maximum absolute atomic E-state index is 14.1. The highest BCUT2D eigenvalue weighted by Crippen LogP contribution is 2.12. The average Bonchev–Trinajstić information content (AvgIpc) is 2.72. The summed E-state index contributed by atoms with van der Waals surface area (Å²) in [7, 11) is 1.54. The highest BCUT2D eigenvalue weighted by molar-refractivity contribution is 5.91. The molecule has 0 N–H and O–H groups in total. The first kappa shape index (κ1) is 21.2. The number of aromatic nitrogens is 3. The van der Waals surface area contributed by atoms with Gasteiger partial charge in [0.2, 0.25) is 5.69 Å². The lowest BCUT2D eigenvalue weighted by atomic mass is 10.1. The minimum absolute atomic E-state index is 0.0354. The van der Waals surface area contributed by atoms with Crippen LogP contribution >= 0.6 is 0 Å². The third-order valence-electron chi connectivity index (χ3n) is 4.91. The molecule has 0 fully saturated rings. The summed E-state index contributed by atoms with van der Waals surface area (Å²) in [4.78, 5) is 40.2. The number of halogens is 1. The van der Waals surface area contributed by atoms with Crippen LogP contribution in [0.1, 0.15) is 34.1 Å². The summed E-state index contributed by atoms with van der Waals surface area (Å²) in [6.07, 6.45) is 0. The largest absolute Gasteiger partial charge is 0.352 e. The summed E-state index contributed by atoms with van der Waals surface area (Å²) >= 11 is 0. The van der Waals surface area contributed by atoms with Gasteiger partial charge in [0.05, 0.1) is 12.2 Å². The van der Waals surface area contributed by atoms with E-state index < -0.39 is 28.7 Å². The van der Waals surface area contributed by atoms with E-state index in [1.807, 2.05) is 25.1 Å². The maximum Gasteiger partial charge on any atom is 0.352 e. The van der Waals surface area contributed by atoms with Crippen LogP contribution in [0.15, 0.2) is 52.1 Å². The first-order valence-corrected chi connectivity index (χ1v) is 9.54. The predicted molar refractivity (Wildman–Crippen MR) is 112 cm³/mol. The number of aryl methyl sites for hydroxylation is 2. The van der Waals surface area contributed by atoms with E-state index in [-0.39, 0.29) is 12.2 Å². The molecule has 8 heteroatoms. The molecule has 3 aromatic rings. The molecular formula is C22H23FN4O3. The van der Waals surface area contributed by atoms with Crippen molar-refractivity contribution in [1.29, 1.82) is 0 Å². The molecule has 0 aliphatic rings. The van der Waals surface area contributed by atoms with Crippen LogP contribution in [0.2, 0.25) is 0 Å². The minimum atomic E-state index is -0.782. The fourth-order valence-electron chi connectivity index (χ4n) is 2.99. The van der Waals surface area contributed by atoms with Crippen LogP contribution in [0, 0.1) is 19.7 Å². The van der Waals surface area contributed by atoms with Gasteiger partial charge >= 0.3 is 5.69 Å². The van der Waals surface area contributed by atoms with Gasteiger partial charge in [0.25, 0.3) is 11.5 Å². The van der Waals surface area contributed by atoms with Gasteiger partial charge in [-0.05, 0) is 38.0 Å². The second-order valence-electron chi connectivity index (χ2n) is 7.18. The van der Waals surface area contributed by atoms with Crippen molar-refractivity contribution in [2.24, 2.45) is 0 Å². The molecule has 3 rings (SSSR count). The van der Waals surface area contributed by atoms with E-state index in [4.69, 9.17) is 0 Å². The number of hydrogen-bond donors (Lipinski definition) is 0. The quantitative estimate of drug-likeness (QED) is 0.647. The zero-order chi connectivity index (χ0) is 22.0. The van der Waals surface area contributed by atoms with Crippen molar-refractivity contribution in [2.45, 2.75) is 27.3 Å². The van der Waals surface area contributed by atoms with Gasteiger partial charge < -0.3 is 4.90 Å². The lowest BCUT2D eigenvalue weighted by Gasteiger charge is -2.16. The molecular weight excluding hydrogens is 387 g/mol. The molecule has 156 valence electrons. The lowest BCUT2D eigenvalue weighted by Crippen LogP contribution is -2.46. The molecule has 0 aliphatic carbocycles. The predicted octanol–water partition coefficient (Wildman–Crippen LogP) is 2.29. The van der Waals surface area contributed by atoms with Crippen molar-refractivity contribution >= 4 is 5.91 Å².